The summed E-state index contributed by atoms with van der Waals surface area (Å²) in [6.07, 6.45) is -0.688. The standard InChI is InChI=1S/C13H15NO3S2/c1-10(15)12-3-2-4-13(7-12)19(16,17)14-8-11-5-6-18-9-11/h2-7,9-10,14-15H,8H2,1H3. The van der Waals surface area contributed by atoms with E-state index in [1.165, 1.54) is 23.5 Å². The molecule has 1 heterocycles. The first-order valence-corrected chi connectivity index (χ1v) is 8.20. The molecule has 0 aliphatic heterocycles. The van der Waals surface area contributed by atoms with Crippen LogP contribution in [0.5, 0.6) is 0 Å². The number of aliphatic hydroxyl groups is 1. The molecule has 0 amide bonds. The molecule has 6 heteroatoms. The summed E-state index contributed by atoms with van der Waals surface area (Å²) in [5, 5.41) is 13.3. The number of rotatable bonds is 5. The number of sulfonamides is 1. The molecular weight excluding hydrogens is 282 g/mol. The van der Waals surface area contributed by atoms with Gasteiger partial charge in [0.1, 0.15) is 0 Å². The Morgan fingerprint density at radius 1 is 1.37 bits per heavy atom. The smallest absolute Gasteiger partial charge is 0.240 e. The number of benzene rings is 1. The van der Waals surface area contributed by atoms with Gasteiger partial charge >= 0.3 is 0 Å². The fourth-order valence-electron chi connectivity index (χ4n) is 1.60. The number of thiophene rings is 1. The first-order valence-electron chi connectivity index (χ1n) is 5.78. The first-order chi connectivity index (χ1) is 8.99. The normalized spacial score (nSPS) is 13.4. The van der Waals surface area contributed by atoms with Crippen molar-refractivity contribution in [2.75, 3.05) is 0 Å². The molecule has 0 saturated heterocycles. The van der Waals surface area contributed by atoms with Crippen LogP contribution in [0.1, 0.15) is 24.2 Å². The van der Waals surface area contributed by atoms with Gasteiger partial charge < -0.3 is 5.11 Å². The molecule has 0 saturated carbocycles. The maximum Gasteiger partial charge on any atom is 0.240 e. The second kappa shape index (κ2) is 5.83. The molecule has 4 nitrogen and oxygen atoms in total. The lowest BCUT2D eigenvalue weighted by atomic mass is 10.1. The summed E-state index contributed by atoms with van der Waals surface area (Å²) in [7, 11) is -3.55. The quantitative estimate of drug-likeness (QED) is 0.890. The van der Waals surface area contributed by atoms with Crippen LogP contribution >= 0.6 is 11.3 Å². The predicted molar refractivity (Wildman–Crippen MR) is 75.4 cm³/mol. The van der Waals surface area contributed by atoms with Gasteiger partial charge in [-0.3, -0.25) is 0 Å². The van der Waals surface area contributed by atoms with Gasteiger partial charge in [0.25, 0.3) is 0 Å². The predicted octanol–water partition coefficient (Wildman–Crippen LogP) is 2.28. The molecule has 2 N–H and O–H groups in total. The Morgan fingerprint density at radius 2 is 2.16 bits per heavy atom. The molecule has 1 atom stereocenters. The van der Waals surface area contributed by atoms with Crippen LogP contribution < -0.4 is 4.72 Å². The third-order valence-corrected chi connectivity index (χ3v) is 4.83. The summed E-state index contributed by atoms with van der Waals surface area (Å²) in [6, 6.07) is 8.20. The molecule has 1 aromatic heterocycles. The average Bonchev–Trinajstić information content (AvgIpc) is 2.90. The fourth-order valence-corrected chi connectivity index (χ4v) is 3.34. The molecular formula is C13H15NO3S2. The molecule has 0 spiro atoms. The highest BCUT2D eigenvalue weighted by atomic mass is 32.2. The van der Waals surface area contributed by atoms with Gasteiger partial charge in [-0.1, -0.05) is 12.1 Å². The van der Waals surface area contributed by atoms with E-state index in [0.717, 1.165) is 5.56 Å². The number of aliphatic hydroxyl groups excluding tert-OH is 1. The Kier molecular flexibility index (Phi) is 4.36. The second-order valence-electron chi connectivity index (χ2n) is 4.20. The third-order valence-electron chi connectivity index (χ3n) is 2.70. The highest BCUT2D eigenvalue weighted by molar-refractivity contribution is 7.89. The van der Waals surface area contributed by atoms with Crippen molar-refractivity contribution >= 4 is 21.4 Å². The average molecular weight is 297 g/mol. The fraction of sp³-hybridized carbons (Fsp3) is 0.231. The van der Waals surface area contributed by atoms with Gasteiger partial charge in [0.15, 0.2) is 0 Å². The molecule has 0 aliphatic carbocycles. The van der Waals surface area contributed by atoms with Crippen molar-refractivity contribution in [3.63, 3.8) is 0 Å². The van der Waals surface area contributed by atoms with E-state index < -0.39 is 16.1 Å². The summed E-state index contributed by atoms with van der Waals surface area (Å²) < 4.78 is 26.8. The Morgan fingerprint density at radius 3 is 2.79 bits per heavy atom. The molecule has 0 fully saturated rings. The molecule has 1 aromatic carbocycles. The van der Waals surface area contributed by atoms with Crippen molar-refractivity contribution < 1.29 is 13.5 Å². The van der Waals surface area contributed by atoms with Crippen LogP contribution in [0.15, 0.2) is 46.0 Å². The Balaban J connectivity index is 2.17. The molecule has 19 heavy (non-hydrogen) atoms. The van der Waals surface area contributed by atoms with Crippen molar-refractivity contribution in [1.82, 2.24) is 4.72 Å². The number of nitrogens with one attached hydrogen (secondary N) is 1. The number of hydrogen-bond donors (Lipinski definition) is 2. The Bertz CT molecular complexity index is 634. The summed E-state index contributed by atoms with van der Waals surface area (Å²) in [5.41, 5.74) is 1.51. The van der Waals surface area contributed by atoms with E-state index in [9.17, 15) is 13.5 Å². The minimum Gasteiger partial charge on any atom is -0.389 e. The zero-order valence-corrected chi connectivity index (χ0v) is 12.0. The summed E-state index contributed by atoms with van der Waals surface area (Å²) >= 11 is 1.52. The maximum absolute atomic E-state index is 12.1. The van der Waals surface area contributed by atoms with E-state index in [2.05, 4.69) is 4.72 Å². The van der Waals surface area contributed by atoms with Crippen molar-refractivity contribution in [2.24, 2.45) is 0 Å². The summed E-state index contributed by atoms with van der Waals surface area (Å²) in [6.45, 7) is 1.87. The first kappa shape index (κ1) is 14.2. The lowest BCUT2D eigenvalue weighted by Gasteiger charge is -2.09. The van der Waals surface area contributed by atoms with Gasteiger partial charge in [-0.05, 0) is 47.0 Å². The highest BCUT2D eigenvalue weighted by Gasteiger charge is 2.15. The van der Waals surface area contributed by atoms with Crippen LogP contribution in [0.25, 0.3) is 0 Å². The van der Waals surface area contributed by atoms with Crippen molar-refractivity contribution in [2.45, 2.75) is 24.5 Å². The van der Waals surface area contributed by atoms with E-state index in [1.807, 2.05) is 16.8 Å². The Hall–Kier alpha value is -1.21. The molecule has 1 unspecified atom stereocenters. The van der Waals surface area contributed by atoms with E-state index in [1.54, 1.807) is 19.1 Å². The van der Waals surface area contributed by atoms with E-state index in [-0.39, 0.29) is 11.4 Å². The van der Waals surface area contributed by atoms with Gasteiger partial charge in [0.2, 0.25) is 10.0 Å². The minimum atomic E-state index is -3.55. The van der Waals surface area contributed by atoms with Crippen LogP contribution in [0.4, 0.5) is 0 Å². The van der Waals surface area contributed by atoms with Crippen LogP contribution in [0.3, 0.4) is 0 Å². The molecule has 102 valence electrons. The van der Waals surface area contributed by atoms with Crippen LogP contribution in [0, 0.1) is 0 Å². The third kappa shape index (κ3) is 3.63. The highest BCUT2D eigenvalue weighted by Crippen LogP contribution is 2.17. The van der Waals surface area contributed by atoms with Gasteiger partial charge in [-0.2, -0.15) is 11.3 Å². The topological polar surface area (TPSA) is 66.4 Å². The zero-order chi connectivity index (χ0) is 13.9. The molecule has 2 rings (SSSR count). The van der Waals surface area contributed by atoms with Crippen LogP contribution in [0.2, 0.25) is 0 Å². The Labute approximate surface area is 116 Å². The monoisotopic (exact) mass is 297 g/mol. The lowest BCUT2D eigenvalue weighted by Crippen LogP contribution is -2.23. The maximum atomic E-state index is 12.1. The number of hydrogen-bond acceptors (Lipinski definition) is 4. The summed E-state index contributed by atoms with van der Waals surface area (Å²) in [4.78, 5) is 0.168. The van der Waals surface area contributed by atoms with Crippen LogP contribution in [-0.2, 0) is 16.6 Å². The van der Waals surface area contributed by atoms with E-state index in [4.69, 9.17) is 0 Å². The van der Waals surface area contributed by atoms with Gasteiger partial charge in [0.05, 0.1) is 11.0 Å². The van der Waals surface area contributed by atoms with E-state index >= 15 is 0 Å². The lowest BCUT2D eigenvalue weighted by molar-refractivity contribution is 0.199. The molecule has 2 aromatic rings. The minimum absolute atomic E-state index is 0.168. The zero-order valence-electron chi connectivity index (χ0n) is 10.4. The molecule has 0 bridgehead atoms. The second-order valence-corrected chi connectivity index (χ2v) is 6.75. The SMILES string of the molecule is CC(O)c1cccc(S(=O)(=O)NCc2ccsc2)c1. The summed E-state index contributed by atoms with van der Waals surface area (Å²) in [5.74, 6) is 0. The van der Waals surface area contributed by atoms with Crippen molar-refractivity contribution in [3.05, 3.63) is 52.2 Å². The van der Waals surface area contributed by atoms with Crippen molar-refractivity contribution in [3.8, 4) is 0 Å². The molecule has 0 aliphatic rings. The van der Waals surface area contributed by atoms with Gasteiger partial charge in [-0.25, -0.2) is 13.1 Å². The largest absolute Gasteiger partial charge is 0.389 e. The van der Waals surface area contributed by atoms with Crippen molar-refractivity contribution in [1.29, 1.82) is 0 Å². The van der Waals surface area contributed by atoms with E-state index in [0.29, 0.717) is 5.56 Å². The van der Waals surface area contributed by atoms with Crippen LogP contribution in [-0.4, -0.2) is 13.5 Å². The van der Waals surface area contributed by atoms with Gasteiger partial charge in [-0.15, -0.1) is 0 Å². The van der Waals surface area contributed by atoms with Gasteiger partial charge in [0, 0.05) is 6.54 Å². The molecule has 0 radical (unpaired) electrons.